The fraction of sp³-hybridized carbons (Fsp3) is 0.278. The Morgan fingerprint density at radius 3 is 1.80 bits per heavy atom. The standard InChI is InChI=1S/C18H19N5O6.C16H15N5O3.2CH4.6K/c1-2-27-18(24)22-11-12-6-5-7-13(10-12)28-8-3-4-9-29-17-20-15(19)14(23(25)26)16(22)21-17;17-13-12-14-20-15(19-13)24-7-2-1-6-23-11-5-3-4-10(8-11)9-21(14)16(22)18-12;;;;;;;;/h3-7,10H,2,8-9,11H2,1H3,(H2,19,20,21);1-5,8H,6-7,9H2,(H,18,22)(H2,17,19,20);2*1H4;;;;;;/b4-3-;2-1-;;;;;;;;. The van der Waals surface area contributed by atoms with Gasteiger partial charge in [-0.15, -0.1) is 0 Å². The fourth-order valence-electron chi connectivity index (χ4n) is 5.17. The number of aromatic nitrogens is 6. The van der Waals surface area contributed by atoms with Crippen LogP contribution in [0.15, 0.2) is 77.6 Å². The summed E-state index contributed by atoms with van der Waals surface area (Å²) in [5.41, 5.74) is 13.2. The summed E-state index contributed by atoms with van der Waals surface area (Å²) < 4.78 is 28.7. The van der Waals surface area contributed by atoms with E-state index in [1.165, 1.54) is 194 Å². The van der Waals surface area contributed by atoms with Crippen LogP contribution in [0.25, 0.3) is 11.2 Å². The van der Waals surface area contributed by atoms with Gasteiger partial charge in [0.2, 0.25) is 11.6 Å². The second kappa shape index (κ2) is 34.8. The van der Waals surface area contributed by atoms with E-state index in [2.05, 4.69) is 24.9 Å². The number of anilines is 3. The van der Waals surface area contributed by atoms with Crippen LogP contribution < -0.4 is 41.0 Å². The molecule has 2 aliphatic rings. The number of fused-ring (bicyclic) bond motifs is 7. The number of carbonyl (C=O) groups is 1. The second-order valence-corrected chi connectivity index (χ2v) is 11.2. The number of nitrogen functional groups attached to an aromatic ring is 2. The van der Waals surface area contributed by atoms with Crippen LogP contribution in [0.3, 0.4) is 0 Å². The molecular formula is C36H42K6N10O9. The summed E-state index contributed by atoms with van der Waals surface area (Å²) in [6, 6.07) is 14.5. The fourth-order valence-corrected chi connectivity index (χ4v) is 5.17. The summed E-state index contributed by atoms with van der Waals surface area (Å²) in [7, 11) is 0. The predicted octanol–water partition coefficient (Wildman–Crippen LogP) is 2.52. The molecule has 25 heteroatoms. The summed E-state index contributed by atoms with van der Waals surface area (Å²) in [5, 5.41) is 11.6. The van der Waals surface area contributed by atoms with E-state index in [9.17, 15) is 19.7 Å². The Kier molecular flexibility index (Phi) is 35.2. The number of ether oxygens (including phenoxy) is 5. The van der Waals surface area contributed by atoms with Crippen LogP contribution in [-0.4, -0.2) is 263 Å². The minimum absolute atomic E-state index is 0. The van der Waals surface area contributed by atoms with Crippen LogP contribution in [-0.2, 0) is 17.8 Å². The van der Waals surface area contributed by atoms with Crippen molar-refractivity contribution in [3.05, 3.63) is 105 Å². The van der Waals surface area contributed by atoms with Crippen LogP contribution in [0.2, 0.25) is 0 Å². The molecule has 2 aliphatic heterocycles. The van der Waals surface area contributed by atoms with Gasteiger partial charge < -0.3 is 40.1 Å². The topological polar surface area (TPSA) is 251 Å². The molecule has 5 heterocycles. The molecule has 3 aromatic heterocycles. The Morgan fingerprint density at radius 1 is 0.787 bits per heavy atom. The summed E-state index contributed by atoms with van der Waals surface area (Å²) in [4.78, 5) is 55.8. The normalized spacial score (nSPS) is 13.5. The van der Waals surface area contributed by atoms with Gasteiger partial charge in [0, 0.05) is 0 Å². The third kappa shape index (κ3) is 19.9. The van der Waals surface area contributed by atoms with E-state index in [1.54, 1.807) is 43.3 Å². The molecule has 7 rings (SSSR count). The molecule has 2 aromatic carbocycles. The summed E-state index contributed by atoms with van der Waals surface area (Å²) in [6.07, 6.45) is 6.27. The van der Waals surface area contributed by atoms with E-state index >= 15 is 0 Å². The summed E-state index contributed by atoms with van der Waals surface area (Å²) in [6.45, 7) is 3.06. The first-order valence-corrected chi connectivity index (χ1v) is 67.2. The molecule has 0 aliphatic carbocycles. The van der Waals surface area contributed by atoms with Crippen molar-refractivity contribution in [2.75, 3.05) is 49.4 Å². The number of nitro groups is 1. The first-order chi connectivity index (χ1) is 28.7. The van der Waals surface area contributed by atoms with Gasteiger partial charge >= 0.3 is 219 Å². The van der Waals surface area contributed by atoms with E-state index in [-0.39, 0.29) is 70.6 Å². The predicted molar refractivity (Wildman–Crippen MR) is 239 cm³/mol. The number of nitrogens with one attached hydrogen (secondary N) is 1. The Morgan fingerprint density at radius 2 is 1.28 bits per heavy atom. The van der Waals surface area contributed by atoms with E-state index in [4.69, 9.17) is 35.2 Å². The molecule has 0 saturated carbocycles. The van der Waals surface area contributed by atoms with E-state index < -0.39 is 22.5 Å². The van der Waals surface area contributed by atoms with Crippen molar-refractivity contribution in [1.29, 1.82) is 0 Å². The summed E-state index contributed by atoms with van der Waals surface area (Å²) >= 11 is 7.50. The van der Waals surface area contributed by atoms with Crippen molar-refractivity contribution < 1.29 is 33.4 Å². The molecule has 61 heavy (non-hydrogen) atoms. The average molecular weight is 993 g/mol. The summed E-state index contributed by atoms with van der Waals surface area (Å²) in [5.74, 6) is 0.754. The molecule has 0 spiro atoms. The van der Waals surface area contributed by atoms with Crippen LogP contribution in [0.5, 0.6) is 23.5 Å². The van der Waals surface area contributed by atoms with Gasteiger partial charge in [-0.2, -0.15) is 19.9 Å². The van der Waals surface area contributed by atoms with Crippen molar-refractivity contribution >= 4 is 230 Å². The van der Waals surface area contributed by atoms with Gasteiger partial charge in [0.25, 0.3) is 0 Å². The minimum atomic E-state index is -0.821. The number of hydrogen-bond acceptors (Lipinski definition) is 15. The number of nitrogens with zero attached hydrogens (tertiary/aromatic N) is 7. The number of H-pyrrole nitrogens is 1. The number of benzene rings is 2. The molecule has 296 valence electrons. The van der Waals surface area contributed by atoms with Crippen molar-refractivity contribution in [2.45, 2.75) is 34.9 Å². The van der Waals surface area contributed by atoms with Crippen LogP contribution in [0, 0.1) is 10.1 Å². The molecule has 5 aromatic rings. The third-order valence-electron chi connectivity index (χ3n) is 7.55. The third-order valence-corrected chi connectivity index (χ3v) is 7.55. The van der Waals surface area contributed by atoms with Gasteiger partial charge in [0.1, 0.15) is 43.4 Å². The number of amides is 1. The molecule has 0 atom stereocenters. The van der Waals surface area contributed by atoms with Gasteiger partial charge in [-0.05, 0) is 66.6 Å². The van der Waals surface area contributed by atoms with E-state index in [0.29, 0.717) is 42.2 Å². The number of imidazole rings is 1. The first kappa shape index (κ1) is 61.7. The quantitative estimate of drug-likeness (QED) is 0.0995. The molecule has 8 bridgehead atoms. The van der Waals surface area contributed by atoms with Crippen molar-refractivity contribution in [1.82, 2.24) is 29.5 Å². The van der Waals surface area contributed by atoms with Crippen LogP contribution in [0.1, 0.15) is 32.9 Å². The van der Waals surface area contributed by atoms with Gasteiger partial charge in [-0.25, -0.2) is 9.59 Å². The number of rotatable bonds is 2. The van der Waals surface area contributed by atoms with Gasteiger partial charge in [0.15, 0.2) is 11.5 Å². The molecule has 5 N–H and O–H groups in total. The molecule has 0 saturated heterocycles. The van der Waals surface area contributed by atoms with Gasteiger partial charge in [0.05, 0.1) is 24.6 Å². The maximum atomic E-state index is 12.6. The zero-order chi connectivity index (χ0) is 43.3. The zero-order valence-corrected chi connectivity index (χ0v) is 53.1. The van der Waals surface area contributed by atoms with Crippen molar-refractivity contribution in [3.8, 4) is 23.5 Å². The van der Waals surface area contributed by atoms with Gasteiger partial charge in [-0.3, -0.25) is 19.6 Å². The number of carbonyl (C=O) groups excluding carboxylic acids is 1. The van der Waals surface area contributed by atoms with Gasteiger partial charge in [-0.1, -0.05) is 39.1 Å². The average Bonchev–Trinajstić information content (AvgIpc) is 3.56. The molecule has 0 unspecified atom stereocenters. The molecular weight excluding hydrogens is 951 g/mol. The Labute approximate surface area is 490 Å². The van der Waals surface area contributed by atoms with E-state index in [1.807, 2.05) is 36.4 Å². The van der Waals surface area contributed by atoms with Crippen LogP contribution >= 0.6 is 0 Å². The Hall–Kier alpha value is 2.64. The van der Waals surface area contributed by atoms with Crippen LogP contribution in [0.4, 0.5) is 27.9 Å². The molecule has 19 nitrogen and oxygen atoms in total. The first-order valence-electron chi connectivity index (χ1n) is 19.2. The zero-order valence-electron chi connectivity index (χ0n) is 34.3. The number of aromatic amines is 1. The number of hydrogen-bond donors (Lipinski definition) is 3. The Bertz CT molecular complexity index is 2280. The maximum absolute atomic E-state index is 12.6. The molecule has 0 radical (unpaired) electrons. The molecule has 0 fully saturated rings. The number of nitrogens with two attached hydrogens (primary N) is 2. The van der Waals surface area contributed by atoms with E-state index in [0.717, 1.165) is 16.2 Å². The van der Waals surface area contributed by atoms with Crippen molar-refractivity contribution in [2.24, 2.45) is 0 Å². The molecule has 1 amide bonds. The van der Waals surface area contributed by atoms with Crippen molar-refractivity contribution in [3.63, 3.8) is 0 Å². The second-order valence-electron chi connectivity index (χ2n) is 11.2. The SMILES string of the molecule is C.C.CCOC(=O)N1Cc2cccc(c2)OC/C=C\COc2nc(N)c([N+](=O)[O-])c1n2.Nc1nc2nc3c1[nH]c(=O)n3Cc1cccc(c1)OC/C=C\CO2.[K][K].[K][K].[K][K]. The Balaban J connectivity index is 0.000000534. The monoisotopic (exact) mass is 992 g/mol.